The molecule has 0 saturated carbocycles. The number of carbonyl (C=O) groups is 1. The molecule has 34 heavy (non-hydrogen) atoms. The highest BCUT2D eigenvalue weighted by Crippen LogP contribution is 2.34. The summed E-state index contributed by atoms with van der Waals surface area (Å²) in [5.74, 6) is -0.346. The number of ether oxygens (including phenoxy) is 1. The summed E-state index contributed by atoms with van der Waals surface area (Å²) >= 11 is 1.65. The summed E-state index contributed by atoms with van der Waals surface area (Å²) in [6.45, 7) is 4.52. The lowest BCUT2D eigenvalue weighted by Crippen LogP contribution is -2.48. The maximum atomic E-state index is 13.0. The molecule has 0 aliphatic carbocycles. The van der Waals surface area contributed by atoms with Crippen LogP contribution in [0.1, 0.15) is 6.42 Å². The number of para-hydroxylation sites is 1. The molecule has 182 valence electrons. The molecule has 1 aromatic heterocycles. The number of rotatable bonds is 9. The minimum Gasteiger partial charge on any atom is -0.494 e. The number of nitrogens with zero attached hydrogens (tertiary/aromatic N) is 3. The van der Waals surface area contributed by atoms with E-state index in [0.29, 0.717) is 13.1 Å². The Hall–Kier alpha value is -2.76. The van der Waals surface area contributed by atoms with Crippen molar-refractivity contribution in [3.05, 3.63) is 48.3 Å². The average Bonchev–Trinajstić information content (AvgIpc) is 3.28. The second-order valence-electron chi connectivity index (χ2n) is 8.00. The minimum atomic E-state index is -3.62. The number of hydrogen-bond acceptors (Lipinski definition) is 8. The zero-order valence-corrected chi connectivity index (χ0v) is 20.5. The molecule has 0 unspecified atom stereocenters. The molecular weight excluding hydrogens is 479 g/mol. The van der Waals surface area contributed by atoms with E-state index in [4.69, 9.17) is 9.72 Å². The van der Waals surface area contributed by atoms with E-state index < -0.39 is 15.7 Å². The van der Waals surface area contributed by atoms with Crippen LogP contribution in [-0.2, 0) is 14.6 Å². The molecule has 2 aromatic carbocycles. The number of hydrogen-bond donors (Lipinski definition) is 1. The standard InChI is InChI=1S/C23H27FN4O4S2/c1-32-19-3-2-4-20-22(19)26-23(33-20)28-14-12-27(13-15-28)11-10-25-21(29)9-16-34(30,31)18-7-5-17(24)6-8-18/h2-8H,9-16H2,1H3,(H,25,29). The molecule has 8 nitrogen and oxygen atoms in total. The van der Waals surface area contributed by atoms with Crippen LogP contribution in [0.3, 0.4) is 0 Å². The number of piperazine rings is 1. The highest BCUT2D eigenvalue weighted by atomic mass is 32.2. The van der Waals surface area contributed by atoms with Gasteiger partial charge in [0.1, 0.15) is 17.1 Å². The van der Waals surface area contributed by atoms with Crippen LogP contribution in [0, 0.1) is 5.82 Å². The molecule has 4 rings (SSSR count). The zero-order valence-electron chi connectivity index (χ0n) is 18.9. The van der Waals surface area contributed by atoms with Crippen LogP contribution in [0.25, 0.3) is 10.2 Å². The molecule has 0 radical (unpaired) electrons. The molecule has 0 atom stereocenters. The SMILES string of the molecule is COc1cccc2sc(N3CCN(CCNC(=O)CCS(=O)(=O)c4ccc(F)cc4)CC3)nc12. The zero-order chi connectivity index (χ0) is 24.1. The third kappa shape index (κ3) is 5.83. The fraction of sp³-hybridized carbons (Fsp3) is 0.391. The third-order valence-corrected chi connectivity index (χ3v) is 8.57. The van der Waals surface area contributed by atoms with E-state index in [0.717, 1.165) is 59.4 Å². The predicted molar refractivity (Wildman–Crippen MR) is 131 cm³/mol. The quantitative estimate of drug-likeness (QED) is 0.446. The normalized spacial score (nSPS) is 14.9. The van der Waals surface area contributed by atoms with Gasteiger partial charge in [0.25, 0.3) is 0 Å². The Bertz CT molecular complexity index is 1240. The van der Waals surface area contributed by atoms with Crippen LogP contribution in [0.5, 0.6) is 5.75 Å². The first-order chi connectivity index (χ1) is 16.4. The second kappa shape index (κ2) is 10.7. The Kier molecular flexibility index (Phi) is 7.64. The van der Waals surface area contributed by atoms with Crippen LogP contribution < -0.4 is 15.0 Å². The molecule has 1 saturated heterocycles. The number of nitrogens with one attached hydrogen (secondary N) is 1. The molecule has 11 heteroatoms. The number of amides is 1. The van der Waals surface area contributed by atoms with Crippen LogP contribution in [-0.4, -0.2) is 76.3 Å². The van der Waals surface area contributed by atoms with E-state index in [1.165, 1.54) is 12.1 Å². The van der Waals surface area contributed by atoms with E-state index in [-0.39, 0.29) is 23.0 Å². The van der Waals surface area contributed by atoms with Gasteiger partial charge in [-0.1, -0.05) is 17.4 Å². The number of aromatic nitrogens is 1. The van der Waals surface area contributed by atoms with Crippen molar-refractivity contribution < 1.29 is 22.3 Å². The van der Waals surface area contributed by atoms with Gasteiger partial charge in [-0.25, -0.2) is 17.8 Å². The van der Waals surface area contributed by atoms with Crippen molar-refractivity contribution in [3.8, 4) is 5.75 Å². The van der Waals surface area contributed by atoms with E-state index in [1.807, 2.05) is 18.2 Å². The Labute approximate surface area is 202 Å². The number of anilines is 1. The lowest BCUT2D eigenvalue weighted by Gasteiger charge is -2.34. The molecule has 3 aromatic rings. The summed E-state index contributed by atoms with van der Waals surface area (Å²) in [6, 6.07) is 10.5. The fourth-order valence-corrected chi connectivity index (χ4v) is 6.08. The fourth-order valence-electron chi connectivity index (χ4n) is 3.80. The molecule has 1 N–H and O–H groups in total. The number of halogens is 1. The molecule has 1 fully saturated rings. The minimum absolute atomic E-state index is 0.0196. The van der Waals surface area contributed by atoms with Crippen molar-refractivity contribution in [1.82, 2.24) is 15.2 Å². The summed E-state index contributed by atoms with van der Waals surface area (Å²) in [5.41, 5.74) is 0.886. The Balaban J connectivity index is 1.19. The van der Waals surface area contributed by atoms with Gasteiger partial charge in [0.2, 0.25) is 5.91 Å². The monoisotopic (exact) mass is 506 g/mol. The van der Waals surface area contributed by atoms with Gasteiger partial charge in [-0.05, 0) is 36.4 Å². The van der Waals surface area contributed by atoms with Crippen LogP contribution in [0.15, 0.2) is 47.4 Å². The number of benzene rings is 2. The van der Waals surface area contributed by atoms with Gasteiger partial charge in [-0.15, -0.1) is 0 Å². The Morgan fingerprint density at radius 3 is 2.59 bits per heavy atom. The number of fused-ring (bicyclic) bond motifs is 1. The molecular formula is C23H27FN4O4S2. The Morgan fingerprint density at radius 1 is 1.15 bits per heavy atom. The summed E-state index contributed by atoms with van der Waals surface area (Å²) < 4.78 is 44.1. The van der Waals surface area contributed by atoms with Gasteiger partial charge in [0.05, 0.1) is 22.5 Å². The summed E-state index contributed by atoms with van der Waals surface area (Å²) in [7, 11) is -1.97. The highest BCUT2D eigenvalue weighted by molar-refractivity contribution is 7.91. The van der Waals surface area contributed by atoms with Crippen molar-refractivity contribution in [2.24, 2.45) is 0 Å². The average molecular weight is 507 g/mol. The molecule has 0 spiro atoms. The van der Waals surface area contributed by atoms with Gasteiger partial charge >= 0.3 is 0 Å². The van der Waals surface area contributed by atoms with Crippen molar-refractivity contribution in [2.45, 2.75) is 11.3 Å². The van der Waals surface area contributed by atoms with Crippen LogP contribution in [0.4, 0.5) is 9.52 Å². The number of methoxy groups -OCH3 is 1. The summed E-state index contributed by atoms with van der Waals surface area (Å²) in [5, 5.41) is 3.77. The van der Waals surface area contributed by atoms with E-state index in [2.05, 4.69) is 15.1 Å². The maximum Gasteiger partial charge on any atom is 0.221 e. The molecule has 2 heterocycles. The Morgan fingerprint density at radius 2 is 1.88 bits per heavy atom. The van der Waals surface area contributed by atoms with Crippen LogP contribution in [0.2, 0.25) is 0 Å². The number of carbonyl (C=O) groups excluding carboxylic acids is 1. The van der Waals surface area contributed by atoms with E-state index in [1.54, 1.807) is 18.4 Å². The lowest BCUT2D eigenvalue weighted by atomic mass is 10.3. The molecule has 1 aliphatic heterocycles. The largest absolute Gasteiger partial charge is 0.494 e. The van der Waals surface area contributed by atoms with Crippen molar-refractivity contribution in [2.75, 3.05) is 57.0 Å². The summed E-state index contributed by atoms with van der Waals surface area (Å²) in [4.78, 5) is 21.4. The van der Waals surface area contributed by atoms with Crippen LogP contribution >= 0.6 is 11.3 Å². The molecule has 1 amide bonds. The van der Waals surface area contributed by atoms with Gasteiger partial charge < -0.3 is 15.0 Å². The summed E-state index contributed by atoms with van der Waals surface area (Å²) in [6.07, 6.45) is -0.130. The predicted octanol–water partition coefficient (Wildman–Crippen LogP) is 2.55. The lowest BCUT2D eigenvalue weighted by molar-refractivity contribution is -0.120. The van der Waals surface area contributed by atoms with Crippen molar-refractivity contribution in [3.63, 3.8) is 0 Å². The maximum absolute atomic E-state index is 13.0. The first-order valence-corrected chi connectivity index (χ1v) is 13.5. The second-order valence-corrected chi connectivity index (χ2v) is 11.1. The van der Waals surface area contributed by atoms with Gasteiger partial charge in [-0.2, -0.15) is 0 Å². The van der Waals surface area contributed by atoms with E-state index in [9.17, 15) is 17.6 Å². The highest BCUT2D eigenvalue weighted by Gasteiger charge is 2.21. The van der Waals surface area contributed by atoms with Gasteiger partial charge in [-0.3, -0.25) is 9.69 Å². The van der Waals surface area contributed by atoms with Gasteiger partial charge in [0.15, 0.2) is 15.0 Å². The third-order valence-electron chi connectivity index (χ3n) is 5.75. The number of thiazole rings is 1. The van der Waals surface area contributed by atoms with E-state index >= 15 is 0 Å². The molecule has 0 bridgehead atoms. The smallest absolute Gasteiger partial charge is 0.221 e. The first-order valence-electron chi connectivity index (χ1n) is 11.0. The topological polar surface area (TPSA) is 91.8 Å². The molecule has 1 aliphatic rings. The van der Waals surface area contributed by atoms with Crippen molar-refractivity contribution in [1.29, 1.82) is 0 Å². The van der Waals surface area contributed by atoms with Gasteiger partial charge in [0, 0.05) is 45.7 Å². The first kappa shape index (κ1) is 24.4. The van der Waals surface area contributed by atoms with Crippen molar-refractivity contribution >= 4 is 42.4 Å². The number of sulfone groups is 1.